The Morgan fingerprint density at radius 2 is 1.73 bits per heavy atom. The molecule has 0 aliphatic carbocycles. The van der Waals surface area contributed by atoms with E-state index in [9.17, 15) is 10.1 Å². The van der Waals surface area contributed by atoms with Crippen molar-refractivity contribution in [2.24, 2.45) is 0 Å². The van der Waals surface area contributed by atoms with E-state index in [4.69, 9.17) is 5.73 Å². The lowest BCUT2D eigenvalue weighted by Crippen LogP contribution is -1.97. The van der Waals surface area contributed by atoms with Crippen LogP contribution in [0.3, 0.4) is 0 Å². The fourth-order valence-electron chi connectivity index (χ4n) is 2.83. The molecule has 2 N–H and O–H groups in total. The van der Waals surface area contributed by atoms with Crippen molar-refractivity contribution in [2.45, 2.75) is 51.9 Å². The van der Waals surface area contributed by atoms with E-state index in [1.807, 2.05) is 0 Å². The predicted octanol–water partition coefficient (Wildman–Crippen LogP) is 5.44. The molecule has 0 saturated carbocycles. The number of rotatable bonds is 7. The van der Waals surface area contributed by atoms with E-state index in [0.717, 1.165) is 12.8 Å². The molecule has 0 heterocycles. The van der Waals surface area contributed by atoms with E-state index in [1.54, 1.807) is 24.3 Å². The van der Waals surface area contributed by atoms with Gasteiger partial charge >= 0.3 is 0 Å². The van der Waals surface area contributed by atoms with Gasteiger partial charge in [0.15, 0.2) is 0 Å². The van der Waals surface area contributed by atoms with Crippen LogP contribution in [-0.2, 0) is 0 Å². The summed E-state index contributed by atoms with van der Waals surface area (Å²) >= 11 is 0. The Labute approximate surface area is 154 Å². The van der Waals surface area contributed by atoms with Crippen LogP contribution in [0, 0.1) is 33.8 Å². The summed E-state index contributed by atoms with van der Waals surface area (Å²) in [5.74, 6) is 11.5. The second-order valence-electron chi connectivity index (χ2n) is 6.23. The number of benzene rings is 2. The van der Waals surface area contributed by atoms with Gasteiger partial charge in [-0.05, 0) is 24.3 Å². The molecule has 0 saturated heterocycles. The molecule has 0 spiro atoms. The van der Waals surface area contributed by atoms with Crippen LogP contribution >= 0.6 is 0 Å². The number of hydrogen-bond donors (Lipinski definition) is 1. The number of nitro groups is 1. The highest BCUT2D eigenvalue weighted by Crippen LogP contribution is 2.32. The number of anilines is 1. The molecule has 2 aromatic carbocycles. The van der Waals surface area contributed by atoms with Crippen molar-refractivity contribution in [3.05, 3.63) is 46.0 Å². The average molecular weight is 348 g/mol. The molecule has 0 fully saturated rings. The molecule has 0 aromatic heterocycles. The van der Waals surface area contributed by atoms with Crippen LogP contribution in [0.5, 0.6) is 0 Å². The molecule has 0 aliphatic rings. The van der Waals surface area contributed by atoms with Gasteiger partial charge in [0.2, 0.25) is 0 Å². The molecule has 0 radical (unpaired) electrons. The predicted molar refractivity (Wildman–Crippen MR) is 108 cm³/mol. The first-order valence-electron chi connectivity index (χ1n) is 9.09. The number of fused-ring (bicyclic) bond motifs is 1. The summed E-state index contributed by atoms with van der Waals surface area (Å²) in [7, 11) is 0. The van der Waals surface area contributed by atoms with Crippen molar-refractivity contribution >= 4 is 22.1 Å². The van der Waals surface area contributed by atoms with E-state index in [0.29, 0.717) is 22.0 Å². The van der Waals surface area contributed by atoms with E-state index < -0.39 is 4.92 Å². The van der Waals surface area contributed by atoms with Crippen molar-refractivity contribution in [3.8, 4) is 23.7 Å². The third-order valence-electron chi connectivity index (χ3n) is 4.26. The van der Waals surface area contributed by atoms with Crippen LogP contribution in [0.1, 0.15) is 57.4 Å². The van der Waals surface area contributed by atoms with E-state index in [1.165, 1.54) is 38.2 Å². The number of nitrogens with two attached hydrogens (primary N) is 1. The topological polar surface area (TPSA) is 69.2 Å². The molecule has 26 heavy (non-hydrogen) atoms. The van der Waals surface area contributed by atoms with Crippen molar-refractivity contribution in [1.82, 2.24) is 0 Å². The number of nitrogen functional groups attached to an aromatic ring is 1. The first kappa shape index (κ1) is 19.3. The summed E-state index contributed by atoms with van der Waals surface area (Å²) in [6, 6.07) is 8.46. The highest BCUT2D eigenvalue weighted by molar-refractivity contribution is 6.01. The molecule has 0 bridgehead atoms. The summed E-state index contributed by atoms with van der Waals surface area (Å²) in [5.41, 5.74) is 7.05. The van der Waals surface area contributed by atoms with Crippen molar-refractivity contribution < 1.29 is 4.92 Å². The smallest absolute Gasteiger partial charge is 0.278 e. The minimum Gasteiger partial charge on any atom is -0.397 e. The van der Waals surface area contributed by atoms with Gasteiger partial charge in [0, 0.05) is 17.9 Å². The van der Waals surface area contributed by atoms with Gasteiger partial charge in [-0.3, -0.25) is 10.1 Å². The highest BCUT2D eigenvalue weighted by Gasteiger charge is 2.16. The normalized spacial score (nSPS) is 9.88. The summed E-state index contributed by atoms with van der Waals surface area (Å²) in [6.45, 7) is 2.21. The van der Waals surface area contributed by atoms with Gasteiger partial charge in [-0.25, -0.2) is 0 Å². The molecule has 2 rings (SSSR count). The third kappa shape index (κ3) is 5.26. The molecule has 0 unspecified atom stereocenters. The van der Waals surface area contributed by atoms with Crippen molar-refractivity contribution in [2.75, 3.05) is 5.73 Å². The summed E-state index contributed by atoms with van der Waals surface area (Å²) in [5, 5.41) is 12.5. The lowest BCUT2D eigenvalue weighted by Gasteiger charge is -2.05. The lowest BCUT2D eigenvalue weighted by atomic mass is 10.0. The zero-order valence-corrected chi connectivity index (χ0v) is 15.2. The molecule has 0 aliphatic heterocycles. The maximum Gasteiger partial charge on any atom is 0.278 e. The molecular formula is C22H24N2O2. The van der Waals surface area contributed by atoms with Gasteiger partial charge in [-0.2, -0.15) is 0 Å². The fraction of sp³-hybridized carbons (Fsp3) is 0.364. The van der Waals surface area contributed by atoms with E-state index in [2.05, 4.69) is 30.6 Å². The summed E-state index contributed by atoms with van der Waals surface area (Å²) in [4.78, 5) is 10.9. The number of unbranched alkanes of at least 4 members (excludes halogenated alkanes) is 6. The van der Waals surface area contributed by atoms with Gasteiger partial charge in [0.05, 0.1) is 21.6 Å². The van der Waals surface area contributed by atoms with Gasteiger partial charge in [-0.1, -0.05) is 69.1 Å². The van der Waals surface area contributed by atoms with Gasteiger partial charge < -0.3 is 5.73 Å². The van der Waals surface area contributed by atoms with Gasteiger partial charge in [-0.15, -0.1) is 0 Å². The Kier molecular flexibility index (Phi) is 7.52. The largest absolute Gasteiger partial charge is 0.397 e. The number of nitrogens with zero attached hydrogens (tertiary/aromatic N) is 1. The van der Waals surface area contributed by atoms with Crippen LogP contribution in [0.2, 0.25) is 0 Å². The third-order valence-corrected chi connectivity index (χ3v) is 4.26. The molecule has 134 valence electrons. The summed E-state index contributed by atoms with van der Waals surface area (Å²) in [6.07, 6.45) is 8.23. The first-order valence-corrected chi connectivity index (χ1v) is 9.09. The zero-order valence-electron chi connectivity index (χ0n) is 15.2. The minimum atomic E-state index is -0.406. The Hall–Kier alpha value is -2.98. The lowest BCUT2D eigenvalue weighted by molar-refractivity contribution is -0.383. The molecule has 0 amide bonds. The van der Waals surface area contributed by atoms with Crippen molar-refractivity contribution in [1.29, 1.82) is 0 Å². The highest BCUT2D eigenvalue weighted by atomic mass is 16.6. The maximum atomic E-state index is 11.3. The molecular weight excluding hydrogens is 324 g/mol. The van der Waals surface area contributed by atoms with E-state index in [-0.39, 0.29) is 5.69 Å². The Morgan fingerprint density at radius 1 is 1.04 bits per heavy atom. The summed E-state index contributed by atoms with van der Waals surface area (Å²) < 4.78 is 0. The standard InChI is InChI=1S/C22H24N2O2/c1-2-3-4-5-6-7-8-9-10-11-14-18-17-21(24(25)26)19-15-12-13-16-20(19)22(18)23/h12-13,15-17H,2-8,23H2,1H3. The van der Waals surface area contributed by atoms with Gasteiger partial charge in [0.25, 0.3) is 5.69 Å². The number of hydrogen-bond acceptors (Lipinski definition) is 3. The van der Waals surface area contributed by atoms with Crippen LogP contribution in [0.15, 0.2) is 30.3 Å². The van der Waals surface area contributed by atoms with Crippen LogP contribution in [-0.4, -0.2) is 4.92 Å². The minimum absolute atomic E-state index is 0.0131. The quantitative estimate of drug-likeness (QED) is 0.238. The van der Waals surface area contributed by atoms with Crippen LogP contribution in [0.4, 0.5) is 11.4 Å². The SMILES string of the molecule is CCCCCCCCC#CC#Cc1cc([N+](=O)[O-])c2ccccc2c1N. The second kappa shape index (κ2) is 10.1. The Balaban J connectivity index is 2.06. The number of nitro benzene ring substituents is 1. The average Bonchev–Trinajstić information content (AvgIpc) is 2.64. The molecule has 0 atom stereocenters. The zero-order chi connectivity index (χ0) is 18.8. The molecule has 2 aromatic rings. The fourth-order valence-corrected chi connectivity index (χ4v) is 2.83. The van der Waals surface area contributed by atoms with Crippen LogP contribution < -0.4 is 5.73 Å². The van der Waals surface area contributed by atoms with E-state index >= 15 is 0 Å². The van der Waals surface area contributed by atoms with Crippen molar-refractivity contribution in [3.63, 3.8) is 0 Å². The first-order chi connectivity index (χ1) is 12.6. The molecule has 4 heteroatoms. The monoisotopic (exact) mass is 348 g/mol. The maximum absolute atomic E-state index is 11.3. The second-order valence-corrected chi connectivity index (χ2v) is 6.23. The van der Waals surface area contributed by atoms with Gasteiger partial charge in [0.1, 0.15) is 0 Å². The number of non-ortho nitro benzene ring substituents is 1. The Morgan fingerprint density at radius 3 is 2.46 bits per heavy atom. The Bertz CT molecular complexity index is 895. The van der Waals surface area contributed by atoms with Crippen LogP contribution in [0.25, 0.3) is 10.8 Å². The molecule has 4 nitrogen and oxygen atoms in total.